The van der Waals surface area contributed by atoms with Crippen LogP contribution in [0.1, 0.15) is 19.3 Å². The minimum absolute atomic E-state index is 0.181. The van der Waals surface area contributed by atoms with Gasteiger partial charge in [-0.05, 0) is 12.8 Å². The van der Waals surface area contributed by atoms with Gasteiger partial charge in [0.05, 0.1) is 11.8 Å². The Morgan fingerprint density at radius 3 is 2.36 bits per heavy atom. The van der Waals surface area contributed by atoms with E-state index < -0.39 is 11.9 Å². The number of amides is 1. The van der Waals surface area contributed by atoms with E-state index in [1.54, 1.807) is 19.1 Å². The van der Waals surface area contributed by atoms with Crippen LogP contribution in [0.5, 0.6) is 0 Å². The quantitative estimate of drug-likeness (QED) is 0.633. The van der Waals surface area contributed by atoms with Crippen molar-refractivity contribution in [2.45, 2.75) is 19.3 Å². The average Bonchev–Trinajstić information content (AvgIpc) is 2.49. The predicted molar refractivity (Wildman–Crippen MR) is 50.3 cm³/mol. The number of nitrogens with zero attached hydrogens (tertiary/aromatic N) is 1. The van der Waals surface area contributed by atoms with Crippen molar-refractivity contribution in [3.8, 4) is 0 Å². The zero-order chi connectivity index (χ0) is 10.7. The molecule has 0 bridgehead atoms. The maximum Gasteiger partial charge on any atom is 0.307 e. The van der Waals surface area contributed by atoms with Gasteiger partial charge in [0.2, 0.25) is 5.91 Å². The number of carboxylic acid groups (broad SMARTS) is 1. The molecule has 0 radical (unpaired) electrons. The minimum atomic E-state index is -0.860. The molecule has 0 unspecified atom stereocenters. The highest BCUT2D eigenvalue weighted by atomic mass is 16.4. The molecule has 0 aliphatic heterocycles. The lowest BCUT2D eigenvalue weighted by molar-refractivity contribution is -0.147. The number of rotatable bonds is 3. The summed E-state index contributed by atoms with van der Waals surface area (Å²) in [6, 6.07) is 0. The predicted octanol–water partition coefficient (Wildman–Crippen LogP) is 0.0801. The Labute approximate surface area is 83.1 Å². The van der Waals surface area contributed by atoms with E-state index in [9.17, 15) is 9.59 Å². The summed E-state index contributed by atoms with van der Waals surface area (Å²) in [6.07, 6.45) is 2.11. The van der Waals surface area contributed by atoms with Crippen molar-refractivity contribution in [1.29, 1.82) is 0 Å². The van der Waals surface area contributed by atoms with Crippen LogP contribution < -0.4 is 5.43 Å². The van der Waals surface area contributed by atoms with Crippen LogP contribution in [0.15, 0.2) is 0 Å². The summed E-state index contributed by atoms with van der Waals surface area (Å²) in [5, 5.41) is 10.4. The molecular formula is C9H16N2O3. The van der Waals surface area contributed by atoms with Gasteiger partial charge in [-0.1, -0.05) is 6.42 Å². The smallest absolute Gasteiger partial charge is 0.307 e. The summed E-state index contributed by atoms with van der Waals surface area (Å²) in [7, 11) is 3.42. The van der Waals surface area contributed by atoms with Crippen LogP contribution in [0, 0.1) is 11.8 Å². The fourth-order valence-corrected chi connectivity index (χ4v) is 1.87. The van der Waals surface area contributed by atoms with Crippen LogP contribution in [-0.2, 0) is 9.59 Å². The third kappa shape index (κ3) is 2.45. The number of aliphatic carboxylic acids is 1. The van der Waals surface area contributed by atoms with Crippen LogP contribution in [0.4, 0.5) is 0 Å². The number of hydrogen-bond donors (Lipinski definition) is 2. The third-order valence-electron chi connectivity index (χ3n) is 2.50. The second-order valence-corrected chi connectivity index (χ2v) is 3.85. The zero-order valence-electron chi connectivity index (χ0n) is 8.49. The van der Waals surface area contributed by atoms with Crippen molar-refractivity contribution in [2.24, 2.45) is 11.8 Å². The third-order valence-corrected chi connectivity index (χ3v) is 2.50. The fraction of sp³-hybridized carbons (Fsp3) is 0.778. The van der Waals surface area contributed by atoms with Crippen LogP contribution in [0.2, 0.25) is 0 Å². The molecule has 80 valence electrons. The summed E-state index contributed by atoms with van der Waals surface area (Å²) in [5.41, 5.74) is 2.60. The first kappa shape index (κ1) is 11.0. The summed E-state index contributed by atoms with van der Waals surface area (Å²) < 4.78 is 0. The van der Waals surface area contributed by atoms with E-state index >= 15 is 0 Å². The lowest BCUT2D eigenvalue weighted by Gasteiger charge is -2.18. The normalized spacial score (nSPS) is 26.5. The number of hydrogen-bond acceptors (Lipinski definition) is 3. The van der Waals surface area contributed by atoms with Gasteiger partial charge in [0.25, 0.3) is 0 Å². The van der Waals surface area contributed by atoms with Gasteiger partial charge in [-0.2, -0.15) is 0 Å². The highest BCUT2D eigenvalue weighted by Crippen LogP contribution is 2.31. The molecule has 5 nitrogen and oxygen atoms in total. The van der Waals surface area contributed by atoms with Gasteiger partial charge in [0.15, 0.2) is 0 Å². The van der Waals surface area contributed by atoms with E-state index in [1.807, 2.05) is 0 Å². The van der Waals surface area contributed by atoms with Crippen molar-refractivity contribution in [3.05, 3.63) is 0 Å². The first-order valence-corrected chi connectivity index (χ1v) is 4.73. The molecule has 1 amide bonds. The maximum atomic E-state index is 11.6. The summed E-state index contributed by atoms with van der Waals surface area (Å²) in [5.74, 6) is -1.91. The van der Waals surface area contributed by atoms with Gasteiger partial charge in [-0.15, -0.1) is 0 Å². The fourth-order valence-electron chi connectivity index (χ4n) is 1.87. The number of carbonyl (C=O) groups is 2. The van der Waals surface area contributed by atoms with Crippen LogP contribution in [0.3, 0.4) is 0 Å². The first-order chi connectivity index (χ1) is 6.52. The van der Waals surface area contributed by atoms with Gasteiger partial charge < -0.3 is 5.11 Å². The van der Waals surface area contributed by atoms with Crippen LogP contribution in [0.25, 0.3) is 0 Å². The monoisotopic (exact) mass is 200 g/mol. The van der Waals surface area contributed by atoms with Crippen LogP contribution in [-0.4, -0.2) is 36.1 Å². The van der Waals surface area contributed by atoms with Crippen LogP contribution >= 0.6 is 0 Å². The topological polar surface area (TPSA) is 69.6 Å². The number of hydrazine groups is 1. The first-order valence-electron chi connectivity index (χ1n) is 4.73. The Morgan fingerprint density at radius 1 is 1.29 bits per heavy atom. The molecule has 1 rings (SSSR count). The molecule has 0 aromatic carbocycles. The van der Waals surface area contributed by atoms with E-state index in [-0.39, 0.29) is 11.8 Å². The lowest BCUT2D eigenvalue weighted by atomic mass is 9.96. The van der Waals surface area contributed by atoms with E-state index in [1.165, 1.54) is 0 Å². The van der Waals surface area contributed by atoms with Gasteiger partial charge in [0, 0.05) is 14.1 Å². The van der Waals surface area contributed by atoms with E-state index in [0.29, 0.717) is 12.8 Å². The van der Waals surface area contributed by atoms with Crippen molar-refractivity contribution in [1.82, 2.24) is 10.4 Å². The molecule has 2 atom stereocenters. The Kier molecular flexibility index (Phi) is 3.46. The summed E-state index contributed by atoms with van der Waals surface area (Å²) in [6.45, 7) is 0. The molecule has 1 aliphatic rings. The van der Waals surface area contributed by atoms with Crippen molar-refractivity contribution < 1.29 is 14.7 Å². The Morgan fingerprint density at radius 2 is 1.86 bits per heavy atom. The highest BCUT2D eigenvalue weighted by Gasteiger charge is 2.37. The van der Waals surface area contributed by atoms with Crippen molar-refractivity contribution >= 4 is 11.9 Å². The van der Waals surface area contributed by atoms with E-state index in [4.69, 9.17) is 5.11 Å². The van der Waals surface area contributed by atoms with Crippen molar-refractivity contribution in [3.63, 3.8) is 0 Å². The molecule has 0 spiro atoms. The van der Waals surface area contributed by atoms with Gasteiger partial charge >= 0.3 is 5.97 Å². The number of carboxylic acids is 1. The molecule has 14 heavy (non-hydrogen) atoms. The zero-order valence-corrected chi connectivity index (χ0v) is 8.49. The van der Waals surface area contributed by atoms with E-state index in [0.717, 1.165) is 6.42 Å². The largest absolute Gasteiger partial charge is 0.481 e. The van der Waals surface area contributed by atoms with E-state index in [2.05, 4.69) is 5.43 Å². The standard InChI is InChI=1S/C9H16N2O3/c1-11(2)10-8(12)6-4-3-5-7(6)9(13)14/h6-7H,3-5H2,1-2H3,(H,10,12)(H,13,14)/t6-,7+/m1/s1. The molecular weight excluding hydrogens is 184 g/mol. The van der Waals surface area contributed by atoms with Crippen molar-refractivity contribution in [2.75, 3.05) is 14.1 Å². The Balaban J connectivity index is 2.58. The molecule has 0 heterocycles. The second kappa shape index (κ2) is 4.41. The number of carbonyl (C=O) groups excluding carboxylic acids is 1. The van der Waals surface area contributed by atoms with Gasteiger partial charge in [0.1, 0.15) is 0 Å². The summed E-state index contributed by atoms with van der Waals surface area (Å²) in [4.78, 5) is 22.4. The Bertz CT molecular complexity index is 240. The number of nitrogens with one attached hydrogen (secondary N) is 1. The second-order valence-electron chi connectivity index (χ2n) is 3.85. The molecule has 0 aromatic rings. The summed E-state index contributed by atoms with van der Waals surface area (Å²) >= 11 is 0. The molecule has 0 saturated heterocycles. The maximum absolute atomic E-state index is 11.6. The average molecular weight is 200 g/mol. The molecule has 1 fully saturated rings. The minimum Gasteiger partial charge on any atom is -0.481 e. The molecule has 1 aliphatic carbocycles. The van der Waals surface area contributed by atoms with Gasteiger partial charge in [-0.3, -0.25) is 15.0 Å². The SMILES string of the molecule is CN(C)NC(=O)[C@@H]1CCC[C@@H]1C(=O)O. The highest BCUT2D eigenvalue weighted by molar-refractivity contribution is 5.84. The molecule has 5 heteroatoms. The Hall–Kier alpha value is -1.10. The lowest BCUT2D eigenvalue weighted by Crippen LogP contribution is -2.42. The molecule has 0 aromatic heterocycles. The molecule has 2 N–H and O–H groups in total. The molecule has 1 saturated carbocycles. The van der Waals surface area contributed by atoms with Gasteiger partial charge in [-0.25, -0.2) is 5.01 Å².